The fraction of sp³-hybridized carbons (Fsp3) is 0.250. The number of amides is 1. The number of aryl methyl sites for hydroxylation is 1. The van der Waals surface area contributed by atoms with Crippen molar-refractivity contribution in [2.75, 3.05) is 6.61 Å². The van der Waals surface area contributed by atoms with Gasteiger partial charge in [0.05, 0.1) is 6.04 Å². The molecule has 0 aliphatic carbocycles. The van der Waals surface area contributed by atoms with Crippen molar-refractivity contribution in [1.82, 2.24) is 24.9 Å². The molecular weight excluding hydrogens is 294 g/mol. The summed E-state index contributed by atoms with van der Waals surface area (Å²) in [5, 5.41) is 7.14. The van der Waals surface area contributed by atoms with Crippen LogP contribution in [0.3, 0.4) is 0 Å². The van der Waals surface area contributed by atoms with Gasteiger partial charge in [0.25, 0.3) is 11.7 Å². The maximum Gasteiger partial charge on any atom is 0.291 e. The molecule has 0 saturated carbocycles. The number of hydrogen-bond acceptors (Lipinski definition) is 5. The van der Waals surface area contributed by atoms with Crippen LogP contribution in [0, 0.1) is 6.92 Å². The second kappa shape index (κ2) is 5.35. The quantitative estimate of drug-likeness (QED) is 0.768. The van der Waals surface area contributed by atoms with Crippen molar-refractivity contribution in [2.45, 2.75) is 19.4 Å². The molecule has 0 spiro atoms. The first-order valence-electron chi connectivity index (χ1n) is 7.40. The van der Waals surface area contributed by atoms with E-state index in [1.807, 2.05) is 37.3 Å². The summed E-state index contributed by atoms with van der Waals surface area (Å²) in [5.41, 5.74) is 1.96. The van der Waals surface area contributed by atoms with E-state index in [9.17, 15) is 4.79 Å². The van der Waals surface area contributed by atoms with E-state index in [-0.39, 0.29) is 17.8 Å². The minimum absolute atomic E-state index is 0.0990. The van der Waals surface area contributed by atoms with E-state index in [1.165, 1.54) is 0 Å². The molecule has 0 fully saturated rings. The third-order valence-electron chi connectivity index (χ3n) is 3.85. The Bertz CT molecular complexity index is 889. The van der Waals surface area contributed by atoms with Gasteiger partial charge in [-0.25, -0.2) is 9.50 Å². The van der Waals surface area contributed by atoms with E-state index in [0.29, 0.717) is 12.4 Å². The smallest absolute Gasteiger partial charge is 0.291 e. The highest BCUT2D eigenvalue weighted by Crippen LogP contribution is 2.23. The van der Waals surface area contributed by atoms with Crippen LogP contribution in [0.1, 0.15) is 21.9 Å². The van der Waals surface area contributed by atoms with E-state index in [2.05, 4.69) is 20.4 Å². The third-order valence-corrected chi connectivity index (χ3v) is 3.85. The highest BCUT2D eigenvalue weighted by Gasteiger charge is 2.23. The van der Waals surface area contributed by atoms with Crippen LogP contribution < -0.4 is 10.1 Å². The Labute approximate surface area is 132 Å². The first kappa shape index (κ1) is 13.7. The molecule has 4 rings (SSSR count). The predicted molar refractivity (Wildman–Crippen MR) is 82.4 cm³/mol. The molecule has 7 heteroatoms. The van der Waals surface area contributed by atoms with Crippen LogP contribution in [-0.2, 0) is 6.42 Å². The first-order chi connectivity index (χ1) is 11.2. The largest absolute Gasteiger partial charge is 0.491 e. The summed E-state index contributed by atoms with van der Waals surface area (Å²) < 4.78 is 7.23. The summed E-state index contributed by atoms with van der Waals surface area (Å²) in [6, 6.07) is 9.56. The highest BCUT2D eigenvalue weighted by atomic mass is 16.5. The number of ether oxygens (including phenoxy) is 1. The van der Waals surface area contributed by atoms with Crippen LogP contribution in [0.5, 0.6) is 5.75 Å². The summed E-state index contributed by atoms with van der Waals surface area (Å²) in [6.07, 6.45) is 2.37. The fourth-order valence-corrected chi connectivity index (χ4v) is 2.67. The molecule has 0 saturated heterocycles. The van der Waals surface area contributed by atoms with Crippen molar-refractivity contribution >= 4 is 11.7 Å². The van der Waals surface area contributed by atoms with Gasteiger partial charge < -0.3 is 10.1 Å². The number of carbonyl (C=O) groups excluding carboxylic acids is 1. The van der Waals surface area contributed by atoms with Gasteiger partial charge in [-0.2, -0.15) is 4.98 Å². The Morgan fingerprint density at radius 2 is 2.22 bits per heavy atom. The van der Waals surface area contributed by atoms with E-state index in [4.69, 9.17) is 4.74 Å². The van der Waals surface area contributed by atoms with Crippen molar-refractivity contribution in [2.24, 2.45) is 0 Å². The van der Waals surface area contributed by atoms with Gasteiger partial charge >= 0.3 is 0 Å². The molecule has 1 aliphatic heterocycles. The molecule has 1 aliphatic rings. The molecule has 1 amide bonds. The molecular formula is C16H15N5O2. The minimum atomic E-state index is -0.317. The average Bonchev–Trinajstić information content (AvgIpc) is 3.01. The lowest BCUT2D eigenvalue weighted by atomic mass is 10.0. The number of rotatable bonds is 2. The van der Waals surface area contributed by atoms with Crippen LogP contribution >= 0.6 is 0 Å². The maximum absolute atomic E-state index is 12.4. The molecule has 0 bridgehead atoms. The Kier molecular flexibility index (Phi) is 3.18. The lowest BCUT2D eigenvalue weighted by Crippen LogP contribution is -2.43. The second-order valence-corrected chi connectivity index (χ2v) is 5.53. The Morgan fingerprint density at radius 1 is 1.35 bits per heavy atom. The van der Waals surface area contributed by atoms with Crippen molar-refractivity contribution in [3.8, 4) is 5.75 Å². The average molecular weight is 309 g/mol. The molecule has 3 aromatic rings. The van der Waals surface area contributed by atoms with Gasteiger partial charge in [0.1, 0.15) is 12.4 Å². The number of hydrogen-bond donors (Lipinski definition) is 1. The molecule has 0 radical (unpaired) electrons. The maximum atomic E-state index is 12.4. The van der Waals surface area contributed by atoms with Gasteiger partial charge in [-0.3, -0.25) is 4.79 Å². The lowest BCUT2D eigenvalue weighted by molar-refractivity contribution is 0.0905. The fourth-order valence-electron chi connectivity index (χ4n) is 2.67. The molecule has 1 N–H and O–H groups in total. The summed E-state index contributed by atoms with van der Waals surface area (Å²) in [6.45, 7) is 2.32. The molecule has 0 unspecified atom stereocenters. The lowest BCUT2D eigenvalue weighted by Gasteiger charge is -2.25. The third kappa shape index (κ3) is 2.50. The SMILES string of the molecule is Cc1ccnc2nc(C(=O)N[C@@H]3COc4ccccc4C3)nn12. The van der Waals surface area contributed by atoms with Crippen molar-refractivity contribution in [3.63, 3.8) is 0 Å². The second-order valence-electron chi connectivity index (χ2n) is 5.53. The summed E-state index contributed by atoms with van der Waals surface area (Å²) in [4.78, 5) is 20.7. The van der Waals surface area contributed by atoms with Crippen molar-refractivity contribution in [3.05, 3.63) is 53.6 Å². The number of fused-ring (bicyclic) bond motifs is 2. The zero-order valence-corrected chi connectivity index (χ0v) is 12.6. The van der Waals surface area contributed by atoms with E-state index >= 15 is 0 Å². The van der Waals surface area contributed by atoms with Crippen LogP contribution in [0.15, 0.2) is 36.5 Å². The van der Waals surface area contributed by atoms with Gasteiger partial charge in [0.15, 0.2) is 0 Å². The minimum Gasteiger partial charge on any atom is -0.491 e. The van der Waals surface area contributed by atoms with Gasteiger partial charge in [0.2, 0.25) is 5.82 Å². The van der Waals surface area contributed by atoms with Gasteiger partial charge in [-0.1, -0.05) is 18.2 Å². The number of carbonyl (C=O) groups is 1. The Balaban J connectivity index is 1.52. The Morgan fingerprint density at radius 3 is 3.09 bits per heavy atom. The normalized spacial score (nSPS) is 16.7. The molecule has 116 valence electrons. The molecule has 2 aromatic heterocycles. The zero-order valence-electron chi connectivity index (χ0n) is 12.6. The molecule has 1 aromatic carbocycles. The first-order valence-corrected chi connectivity index (χ1v) is 7.40. The molecule has 3 heterocycles. The standard InChI is InChI=1S/C16H15N5O2/c1-10-6-7-17-16-19-14(20-21(10)16)15(22)18-12-8-11-4-2-3-5-13(11)23-9-12/h2-7,12H,8-9H2,1H3,(H,18,22)/t12-/m0/s1. The number of aromatic nitrogens is 4. The van der Waals surface area contributed by atoms with Gasteiger partial charge in [-0.15, -0.1) is 5.10 Å². The van der Waals surface area contributed by atoms with Gasteiger partial charge in [0, 0.05) is 11.9 Å². The number of benzene rings is 1. The van der Waals surface area contributed by atoms with Crippen molar-refractivity contribution < 1.29 is 9.53 Å². The summed E-state index contributed by atoms with van der Waals surface area (Å²) in [5.74, 6) is 1.10. The van der Waals surface area contributed by atoms with Crippen LogP contribution in [-0.4, -0.2) is 38.1 Å². The zero-order chi connectivity index (χ0) is 15.8. The molecule has 23 heavy (non-hydrogen) atoms. The topological polar surface area (TPSA) is 81.4 Å². The monoisotopic (exact) mass is 309 g/mol. The number of nitrogens with one attached hydrogen (secondary N) is 1. The molecule has 7 nitrogen and oxygen atoms in total. The molecule has 1 atom stereocenters. The van der Waals surface area contributed by atoms with E-state index < -0.39 is 0 Å². The number of para-hydroxylation sites is 1. The van der Waals surface area contributed by atoms with Crippen LogP contribution in [0.25, 0.3) is 5.78 Å². The van der Waals surface area contributed by atoms with Crippen molar-refractivity contribution in [1.29, 1.82) is 0 Å². The summed E-state index contributed by atoms with van der Waals surface area (Å²) >= 11 is 0. The van der Waals surface area contributed by atoms with E-state index in [1.54, 1.807) is 10.7 Å². The van der Waals surface area contributed by atoms with Gasteiger partial charge in [-0.05, 0) is 31.0 Å². The van der Waals surface area contributed by atoms with Crippen LogP contribution in [0.4, 0.5) is 0 Å². The van der Waals surface area contributed by atoms with E-state index in [0.717, 1.165) is 23.4 Å². The summed E-state index contributed by atoms with van der Waals surface area (Å²) in [7, 11) is 0. The number of nitrogens with zero attached hydrogens (tertiary/aromatic N) is 4. The predicted octanol–water partition coefficient (Wildman–Crippen LogP) is 1.17. The Hall–Kier alpha value is -2.96. The van der Waals surface area contributed by atoms with Crippen LogP contribution in [0.2, 0.25) is 0 Å². The highest BCUT2D eigenvalue weighted by molar-refractivity contribution is 5.91.